The molecule has 3 rings (SSSR count). The Labute approximate surface area is 121 Å². The van der Waals surface area contributed by atoms with E-state index in [-0.39, 0.29) is 18.5 Å². The summed E-state index contributed by atoms with van der Waals surface area (Å²) in [4.78, 5) is 23.8. The summed E-state index contributed by atoms with van der Waals surface area (Å²) < 4.78 is 39.1. The minimum absolute atomic E-state index is 0.00410. The van der Waals surface area contributed by atoms with E-state index in [1.165, 1.54) is 18.6 Å². The van der Waals surface area contributed by atoms with Crippen molar-refractivity contribution in [3.8, 4) is 10.8 Å². The number of hydrogen-bond donors (Lipinski definition) is 1. The zero-order valence-electron chi connectivity index (χ0n) is 10.9. The largest absolute Gasteiger partial charge is 0.411 e. The fraction of sp³-hybridized carbons (Fsp3) is 0.417. The molecule has 1 N–H and O–H groups in total. The van der Waals surface area contributed by atoms with Gasteiger partial charge in [0.05, 0.1) is 0 Å². The Hall–Kier alpha value is -1.90. The van der Waals surface area contributed by atoms with Crippen molar-refractivity contribution in [2.24, 2.45) is 0 Å². The van der Waals surface area contributed by atoms with Gasteiger partial charge in [0, 0.05) is 24.8 Å². The molecule has 2 aromatic heterocycles. The van der Waals surface area contributed by atoms with Gasteiger partial charge in [-0.15, -0.1) is 11.3 Å². The molecular weight excluding hydrogens is 305 g/mol. The number of imidazole rings is 1. The van der Waals surface area contributed by atoms with E-state index in [1.54, 1.807) is 6.20 Å². The second-order valence-electron chi connectivity index (χ2n) is 4.87. The van der Waals surface area contributed by atoms with Crippen molar-refractivity contribution in [2.45, 2.75) is 24.6 Å². The number of carbonyl (C=O) groups is 1. The molecule has 9 heteroatoms. The maximum absolute atomic E-state index is 13.0. The van der Waals surface area contributed by atoms with Crippen LogP contribution in [0.1, 0.15) is 23.3 Å². The maximum atomic E-state index is 13.0. The van der Waals surface area contributed by atoms with E-state index < -0.39 is 17.6 Å². The fourth-order valence-electron chi connectivity index (χ4n) is 2.16. The molecule has 0 radical (unpaired) electrons. The van der Waals surface area contributed by atoms with Crippen molar-refractivity contribution in [1.82, 2.24) is 19.9 Å². The van der Waals surface area contributed by atoms with Crippen LogP contribution in [0.15, 0.2) is 17.8 Å². The third-order valence-electron chi connectivity index (χ3n) is 3.62. The van der Waals surface area contributed by atoms with Crippen LogP contribution < -0.4 is 0 Å². The Bertz CT molecular complexity index is 660. The molecule has 0 unspecified atom stereocenters. The Balaban J connectivity index is 1.83. The van der Waals surface area contributed by atoms with Crippen LogP contribution in [0.25, 0.3) is 10.8 Å². The molecule has 2 aromatic rings. The van der Waals surface area contributed by atoms with Crippen LogP contribution in [-0.4, -0.2) is 44.5 Å². The Morgan fingerprint density at radius 2 is 2.19 bits per heavy atom. The third-order valence-corrected chi connectivity index (χ3v) is 4.47. The van der Waals surface area contributed by atoms with Gasteiger partial charge in [0.1, 0.15) is 11.2 Å². The summed E-state index contributed by atoms with van der Waals surface area (Å²) >= 11 is 1.16. The van der Waals surface area contributed by atoms with Crippen molar-refractivity contribution in [3.05, 3.63) is 23.5 Å². The van der Waals surface area contributed by atoms with Gasteiger partial charge in [-0.2, -0.15) is 13.2 Å². The van der Waals surface area contributed by atoms with E-state index in [9.17, 15) is 18.0 Å². The van der Waals surface area contributed by atoms with E-state index in [0.717, 1.165) is 16.2 Å². The summed E-state index contributed by atoms with van der Waals surface area (Å²) in [6, 6.07) is 0. The van der Waals surface area contributed by atoms with Gasteiger partial charge in [-0.1, -0.05) is 0 Å². The van der Waals surface area contributed by atoms with Gasteiger partial charge in [-0.05, 0) is 12.8 Å². The van der Waals surface area contributed by atoms with Gasteiger partial charge < -0.3 is 9.88 Å². The smallest absolute Gasteiger partial charge is 0.343 e. The molecule has 1 aliphatic rings. The molecule has 0 bridgehead atoms. The normalized spacial score (nSPS) is 16.8. The van der Waals surface area contributed by atoms with Crippen molar-refractivity contribution < 1.29 is 18.0 Å². The zero-order chi connectivity index (χ0) is 15.3. The average molecular weight is 316 g/mol. The summed E-state index contributed by atoms with van der Waals surface area (Å²) in [5, 5.41) is 1.91. The van der Waals surface area contributed by atoms with E-state index in [2.05, 4.69) is 15.0 Å². The van der Waals surface area contributed by atoms with Crippen LogP contribution in [0.3, 0.4) is 0 Å². The number of nitrogens with zero attached hydrogens (tertiary/aromatic N) is 3. The minimum Gasteiger partial charge on any atom is -0.343 e. The summed E-state index contributed by atoms with van der Waals surface area (Å²) in [6.07, 6.45) is -1.40. The fourth-order valence-corrected chi connectivity index (χ4v) is 2.91. The number of H-pyrrole nitrogens is 1. The summed E-state index contributed by atoms with van der Waals surface area (Å²) in [6.45, 7) is 0. The molecule has 5 nitrogen and oxygen atoms in total. The lowest BCUT2D eigenvalue weighted by atomic mass is 10.2. The number of carbonyl (C=O) groups excluding carboxylic acids is 1. The summed E-state index contributed by atoms with van der Waals surface area (Å²) in [5.41, 5.74) is -2.03. The molecule has 2 heterocycles. The molecule has 112 valence electrons. The van der Waals surface area contributed by atoms with Gasteiger partial charge >= 0.3 is 6.18 Å². The SMILES string of the molecule is CN(C(=O)c1csc(-c2ncc[nH]2)n1)C1(C(F)(F)F)CC1. The Morgan fingerprint density at radius 1 is 1.48 bits per heavy atom. The molecule has 0 aliphatic heterocycles. The minimum atomic E-state index is -4.42. The predicted molar refractivity (Wildman–Crippen MR) is 69.8 cm³/mol. The van der Waals surface area contributed by atoms with Gasteiger partial charge in [0.25, 0.3) is 5.91 Å². The van der Waals surface area contributed by atoms with Crippen LogP contribution in [0, 0.1) is 0 Å². The van der Waals surface area contributed by atoms with Gasteiger partial charge in [0.15, 0.2) is 10.8 Å². The molecule has 0 atom stereocenters. The second-order valence-corrected chi connectivity index (χ2v) is 5.73. The number of hydrogen-bond acceptors (Lipinski definition) is 4. The Morgan fingerprint density at radius 3 is 2.71 bits per heavy atom. The first-order chi connectivity index (χ1) is 9.85. The predicted octanol–water partition coefficient (Wildman–Crippen LogP) is 2.70. The first kappa shape index (κ1) is 14.1. The highest BCUT2D eigenvalue weighted by Crippen LogP contribution is 2.53. The van der Waals surface area contributed by atoms with E-state index in [0.29, 0.717) is 10.8 Å². The molecule has 1 fully saturated rings. The van der Waals surface area contributed by atoms with Crippen LogP contribution in [0.4, 0.5) is 13.2 Å². The number of rotatable bonds is 3. The van der Waals surface area contributed by atoms with E-state index in [4.69, 9.17) is 0 Å². The maximum Gasteiger partial charge on any atom is 0.411 e. The molecule has 0 spiro atoms. The first-order valence-corrected chi connectivity index (χ1v) is 7.03. The number of nitrogens with one attached hydrogen (secondary N) is 1. The zero-order valence-corrected chi connectivity index (χ0v) is 11.8. The van der Waals surface area contributed by atoms with Crippen LogP contribution in [-0.2, 0) is 0 Å². The van der Waals surface area contributed by atoms with E-state index in [1.807, 2.05) is 0 Å². The number of aromatic nitrogens is 3. The molecule has 21 heavy (non-hydrogen) atoms. The van der Waals surface area contributed by atoms with Crippen molar-refractivity contribution in [1.29, 1.82) is 0 Å². The monoisotopic (exact) mass is 316 g/mol. The van der Waals surface area contributed by atoms with Crippen LogP contribution in [0.5, 0.6) is 0 Å². The highest BCUT2D eigenvalue weighted by Gasteiger charge is 2.67. The lowest BCUT2D eigenvalue weighted by molar-refractivity contribution is -0.185. The molecule has 0 saturated heterocycles. The highest BCUT2D eigenvalue weighted by atomic mass is 32.1. The topological polar surface area (TPSA) is 61.9 Å². The molecular formula is C12H11F3N4OS. The first-order valence-electron chi connectivity index (χ1n) is 6.15. The van der Waals surface area contributed by atoms with Crippen molar-refractivity contribution in [3.63, 3.8) is 0 Å². The lowest BCUT2D eigenvalue weighted by Crippen LogP contribution is -2.49. The average Bonchev–Trinajstić information content (AvgIpc) is 2.89. The van der Waals surface area contributed by atoms with Gasteiger partial charge in [-0.25, -0.2) is 9.97 Å². The van der Waals surface area contributed by atoms with Crippen LogP contribution in [0.2, 0.25) is 0 Å². The third kappa shape index (κ3) is 2.21. The van der Waals surface area contributed by atoms with Crippen LogP contribution >= 0.6 is 11.3 Å². The molecule has 1 amide bonds. The van der Waals surface area contributed by atoms with Crippen molar-refractivity contribution >= 4 is 17.2 Å². The summed E-state index contributed by atoms with van der Waals surface area (Å²) in [5.74, 6) is -0.238. The summed E-state index contributed by atoms with van der Waals surface area (Å²) in [7, 11) is 1.18. The second kappa shape index (κ2) is 4.55. The van der Waals surface area contributed by atoms with Gasteiger partial charge in [-0.3, -0.25) is 4.79 Å². The quantitative estimate of drug-likeness (QED) is 0.947. The number of alkyl halides is 3. The number of halogens is 3. The molecule has 1 aliphatic carbocycles. The van der Waals surface area contributed by atoms with E-state index >= 15 is 0 Å². The Kier molecular flexibility index (Phi) is 3.05. The number of amides is 1. The highest BCUT2D eigenvalue weighted by molar-refractivity contribution is 7.13. The number of aromatic amines is 1. The lowest BCUT2D eigenvalue weighted by Gasteiger charge is -2.29. The molecule has 0 aromatic carbocycles. The molecule has 1 saturated carbocycles. The standard InChI is InChI=1S/C12H11F3N4OS/c1-19(11(2-3-11)12(13,14)15)10(20)7-6-21-9(18-7)8-16-4-5-17-8/h4-6H,2-3H2,1H3,(H,16,17). The van der Waals surface area contributed by atoms with Gasteiger partial charge in [0.2, 0.25) is 0 Å². The number of thiazole rings is 1. The van der Waals surface area contributed by atoms with Crippen molar-refractivity contribution in [2.75, 3.05) is 7.05 Å².